The Labute approximate surface area is 281 Å². The first kappa shape index (κ1) is 31.6. The summed E-state index contributed by atoms with van der Waals surface area (Å²) in [5.41, 5.74) is 9.92. The number of hydrogen-bond acceptors (Lipinski definition) is 3. The second-order valence-corrected chi connectivity index (χ2v) is 18.9. The van der Waals surface area contributed by atoms with Crippen LogP contribution < -0.4 is 5.19 Å². The number of hydrogen-bond donors (Lipinski definition) is 0. The third-order valence-corrected chi connectivity index (χ3v) is 11.8. The molecular weight excluding hydrogens is 745 g/mol. The maximum absolute atomic E-state index is 6.44. The van der Waals surface area contributed by atoms with Crippen molar-refractivity contribution in [3.05, 3.63) is 114 Å². The molecule has 1 radical (unpaired) electrons. The number of furan rings is 1. The molecule has 3 heterocycles. The Morgan fingerprint density at radius 1 is 0.844 bits per heavy atom. The maximum atomic E-state index is 6.44. The van der Waals surface area contributed by atoms with Crippen molar-refractivity contribution in [2.75, 3.05) is 0 Å². The second-order valence-electron chi connectivity index (χ2n) is 13.8. The van der Waals surface area contributed by atoms with Crippen molar-refractivity contribution in [1.82, 2.24) is 9.97 Å². The van der Waals surface area contributed by atoms with E-state index in [1.165, 1.54) is 58.3 Å². The predicted molar refractivity (Wildman–Crippen MR) is 185 cm³/mol. The number of para-hydroxylation sites is 1. The van der Waals surface area contributed by atoms with Crippen LogP contribution in [0, 0.1) is 37.8 Å². The minimum Gasteiger partial charge on any atom is -0.501 e. The second kappa shape index (κ2) is 12.8. The predicted octanol–water partition coefficient (Wildman–Crippen LogP) is 10.1. The van der Waals surface area contributed by atoms with Gasteiger partial charge in [-0.25, -0.2) is 0 Å². The summed E-state index contributed by atoms with van der Waals surface area (Å²) in [6.07, 6.45) is 9.51. The zero-order valence-electron chi connectivity index (χ0n) is 26.8. The van der Waals surface area contributed by atoms with Crippen molar-refractivity contribution in [2.24, 2.45) is 11.8 Å². The Hall–Kier alpha value is -3.37. The van der Waals surface area contributed by atoms with Gasteiger partial charge in [0.2, 0.25) is 0 Å². The van der Waals surface area contributed by atoms with Crippen LogP contribution in [-0.4, -0.2) is 18.0 Å². The molecule has 8 rings (SSSR count). The van der Waals surface area contributed by atoms with Crippen molar-refractivity contribution in [3.63, 3.8) is 0 Å². The number of aryl methyl sites for hydroxylation is 2. The van der Waals surface area contributed by atoms with Gasteiger partial charge in [0.05, 0.1) is 5.58 Å². The van der Waals surface area contributed by atoms with Gasteiger partial charge in [0.15, 0.2) is 0 Å². The Balaban J connectivity index is 0.000000201. The zero-order chi connectivity index (χ0) is 30.4. The summed E-state index contributed by atoms with van der Waals surface area (Å²) in [6.45, 7) is 11.4. The summed E-state index contributed by atoms with van der Waals surface area (Å²) < 4.78 is 6.44. The van der Waals surface area contributed by atoms with Gasteiger partial charge in [0.1, 0.15) is 5.58 Å². The molecule has 0 amide bonds. The van der Waals surface area contributed by atoms with E-state index in [0.717, 1.165) is 45.5 Å². The van der Waals surface area contributed by atoms with E-state index >= 15 is 0 Å². The van der Waals surface area contributed by atoms with E-state index < -0.39 is 8.07 Å². The van der Waals surface area contributed by atoms with Gasteiger partial charge in [0.25, 0.3) is 0 Å². The van der Waals surface area contributed by atoms with Gasteiger partial charge in [-0.2, -0.15) is 0 Å². The van der Waals surface area contributed by atoms with E-state index in [9.17, 15) is 0 Å². The molecule has 3 unspecified atom stereocenters. The Morgan fingerprint density at radius 2 is 1.67 bits per heavy atom. The van der Waals surface area contributed by atoms with Crippen LogP contribution in [0.4, 0.5) is 0 Å². The van der Waals surface area contributed by atoms with Crippen molar-refractivity contribution >= 4 is 35.2 Å². The van der Waals surface area contributed by atoms with Crippen LogP contribution in [0.3, 0.4) is 0 Å². The number of nitrogens with zero attached hydrogens (tertiary/aromatic N) is 2. The molecular formula is C40H40IrN2OSi-2. The fourth-order valence-electron chi connectivity index (χ4n) is 7.34. The van der Waals surface area contributed by atoms with E-state index in [0.29, 0.717) is 5.92 Å². The fourth-order valence-corrected chi connectivity index (χ4v) is 8.85. The van der Waals surface area contributed by atoms with Crippen LogP contribution in [0.5, 0.6) is 0 Å². The summed E-state index contributed by atoms with van der Waals surface area (Å²) in [4.78, 5) is 9.15. The minimum atomic E-state index is -1.56. The molecule has 2 aliphatic carbocycles. The van der Waals surface area contributed by atoms with E-state index in [1.807, 2.05) is 36.7 Å². The zero-order valence-corrected chi connectivity index (χ0v) is 30.2. The summed E-state index contributed by atoms with van der Waals surface area (Å²) >= 11 is 0. The van der Waals surface area contributed by atoms with Crippen molar-refractivity contribution in [2.45, 2.75) is 65.1 Å². The van der Waals surface area contributed by atoms with Gasteiger partial charge in [-0.05, 0) is 79.9 Å². The molecule has 3 atom stereocenters. The topological polar surface area (TPSA) is 38.9 Å². The molecule has 2 bridgehead atoms. The van der Waals surface area contributed by atoms with Crippen LogP contribution in [0.1, 0.15) is 48.3 Å². The van der Waals surface area contributed by atoms with E-state index in [4.69, 9.17) is 9.40 Å². The van der Waals surface area contributed by atoms with Crippen LogP contribution >= 0.6 is 0 Å². The van der Waals surface area contributed by atoms with E-state index in [1.54, 1.807) is 0 Å². The number of rotatable bonds is 4. The number of benzene rings is 3. The number of aromatic nitrogens is 2. The maximum Gasteiger partial charge on any atom is 0.120 e. The Kier molecular flexibility index (Phi) is 8.98. The third kappa shape index (κ3) is 6.23. The van der Waals surface area contributed by atoms with Crippen LogP contribution in [0.2, 0.25) is 19.6 Å². The monoisotopic (exact) mass is 785 g/mol. The molecule has 3 aromatic heterocycles. The van der Waals surface area contributed by atoms with Crippen molar-refractivity contribution in [1.29, 1.82) is 0 Å². The molecule has 2 saturated carbocycles. The molecule has 3 aromatic carbocycles. The number of pyridine rings is 2. The molecule has 0 spiro atoms. The van der Waals surface area contributed by atoms with Crippen molar-refractivity contribution in [3.8, 4) is 22.5 Å². The van der Waals surface area contributed by atoms with Gasteiger partial charge in [0, 0.05) is 46.0 Å². The summed E-state index contributed by atoms with van der Waals surface area (Å²) in [7, 11) is -1.56. The minimum absolute atomic E-state index is 0. The number of fused-ring (bicyclic) bond motifs is 5. The van der Waals surface area contributed by atoms with E-state index in [-0.39, 0.29) is 20.1 Å². The van der Waals surface area contributed by atoms with Crippen molar-refractivity contribution < 1.29 is 24.5 Å². The first-order chi connectivity index (χ1) is 21.3. The molecule has 3 nitrogen and oxygen atoms in total. The average Bonchev–Trinajstić information content (AvgIpc) is 3.77. The Morgan fingerprint density at radius 3 is 2.38 bits per heavy atom. The molecule has 2 fully saturated rings. The quantitative estimate of drug-likeness (QED) is 0.132. The molecule has 0 aliphatic heterocycles. The third-order valence-electron chi connectivity index (χ3n) is 9.82. The van der Waals surface area contributed by atoms with Gasteiger partial charge in [-0.1, -0.05) is 78.5 Å². The molecule has 45 heavy (non-hydrogen) atoms. The first-order valence-electron chi connectivity index (χ1n) is 16.0. The SMILES string of the molecule is C[Si](C)(C)c1c[c-]c(-c2cc(C3CC4CCC3C4)ccn2)c2oc3ccccc3c12.Cc1cnc(-c2[c-]cccc2)cc1C.[Ir]. The molecule has 2 aliphatic rings. The van der Waals surface area contributed by atoms with Crippen LogP contribution in [-0.2, 0) is 20.1 Å². The van der Waals surface area contributed by atoms with Crippen LogP contribution in [0.15, 0.2) is 89.6 Å². The fraction of sp³-hybridized carbons (Fsp3) is 0.300. The average molecular weight is 785 g/mol. The Bertz CT molecular complexity index is 1960. The first-order valence-corrected chi connectivity index (χ1v) is 19.5. The van der Waals surface area contributed by atoms with Gasteiger partial charge in [-0.15, -0.1) is 53.2 Å². The van der Waals surface area contributed by atoms with E-state index in [2.05, 4.69) is 99.1 Å². The van der Waals surface area contributed by atoms with Gasteiger partial charge >= 0.3 is 0 Å². The molecule has 5 heteroatoms. The summed E-state index contributed by atoms with van der Waals surface area (Å²) in [5, 5.41) is 3.89. The summed E-state index contributed by atoms with van der Waals surface area (Å²) in [6, 6.07) is 32.0. The van der Waals surface area contributed by atoms with Crippen LogP contribution in [0.25, 0.3) is 44.5 Å². The normalized spacial score (nSPS) is 18.9. The molecule has 0 N–H and O–H groups in total. The molecule has 6 aromatic rings. The van der Waals surface area contributed by atoms with Gasteiger partial charge < -0.3 is 14.4 Å². The standard InChI is InChI=1S/C27H28NOSi.C13H12N.Ir/c1-30(2,3)25-11-10-20(27-26(25)21-6-4-5-7-24(21)29-27)23-16-19(12-13-28-23)22-15-17-8-9-18(22)14-17;1-10-8-13(14-9-11(10)2)12-6-4-3-5-7-12;/h4-7,11-13,16-18,22H,8-9,14-15H2,1-3H3;3-6,8-9H,1-2H3;/q2*-1;. The largest absolute Gasteiger partial charge is 0.501 e. The summed E-state index contributed by atoms with van der Waals surface area (Å²) in [5.74, 6) is 2.52. The molecule has 0 saturated heterocycles. The molecule has 231 valence electrons. The van der Waals surface area contributed by atoms with Gasteiger partial charge in [-0.3, -0.25) is 0 Å². The smallest absolute Gasteiger partial charge is 0.120 e.